The van der Waals surface area contributed by atoms with Crippen LogP contribution in [0.3, 0.4) is 0 Å². The number of nitrogens with zero attached hydrogens (tertiary/aromatic N) is 7. The Hall–Kier alpha value is -2.72. The second-order valence-corrected chi connectivity index (χ2v) is 6.52. The summed E-state index contributed by atoms with van der Waals surface area (Å²) in [5.41, 5.74) is -0.650. The van der Waals surface area contributed by atoms with Crippen molar-refractivity contribution < 1.29 is 18.0 Å². The zero-order valence-corrected chi connectivity index (χ0v) is 15.7. The van der Waals surface area contributed by atoms with Crippen LogP contribution in [-0.2, 0) is 6.18 Å². The van der Waals surface area contributed by atoms with E-state index in [0.29, 0.717) is 44.7 Å². The maximum absolute atomic E-state index is 12.8. The molecular formula is C17H22F3N7O. The Labute approximate surface area is 160 Å². The minimum absolute atomic E-state index is 0.0211. The molecule has 0 spiro atoms. The number of piperidine rings is 1. The summed E-state index contributed by atoms with van der Waals surface area (Å²) in [6.45, 7) is 5.97. The normalized spacial score (nSPS) is 15.7. The predicted molar refractivity (Wildman–Crippen MR) is 94.8 cm³/mol. The topological polar surface area (TPSA) is 80.0 Å². The number of alkyl halides is 3. The van der Waals surface area contributed by atoms with Crippen LogP contribution in [0.25, 0.3) is 0 Å². The average Bonchev–Trinajstić information content (AvgIpc) is 3.19. The first kappa shape index (κ1) is 20.0. The lowest BCUT2D eigenvalue weighted by Gasteiger charge is -2.31. The summed E-state index contributed by atoms with van der Waals surface area (Å²) >= 11 is 0. The molecule has 0 N–H and O–H groups in total. The molecule has 2 aromatic rings. The Bertz CT molecular complexity index is 811. The van der Waals surface area contributed by atoms with Crippen LogP contribution in [0.15, 0.2) is 18.5 Å². The summed E-state index contributed by atoms with van der Waals surface area (Å²) in [5, 5.41) is 8.06. The molecule has 1 saturated heterocycles. The van der Waals surface area contributed by atoms with Crippen LogP contribution in [0, 0.1) is 0 Å². The van der Waals surface area contributed by atoms with Crippen molar-refractivity contribution in [2.24, 2.45) is 0 Å². The highest BCUT2D eigenvalue weighted by Gasteiger charge is 2.33. The quantitative estimate of drug-likeness (QED) is 0.771. The van der Waals surface area contributed by atoms with E-state index in [1.54, 1.807) is 20.7 Å². The number of hydrogen-bond acceptors (Lipinski definition) is 6. The Morgan fingerprint density at radius 2 is 1.93 bits per heavy atom. The van der Waals surface area contributed by atoms with Crippen molar-refractivity contribution >= 4 is 11.9 Å². The summed E-state index contributed by atoms with van der Waals surface area (Å²) in [7, 11) is 0. The van der Waals surface area contributed by atoms with Crippen LogP contribution in [0.2, 0.25) is 0 Å². The van der Waals surface area contributed by atoms with Crippen LogP contribution >= 0.6 is 0 Å². The molecule has 0 aliphatic carbocycles. The molecule has 2 aromatic heterocycles. The molecule has 1 aliphatic rings. The Morgan fingerprint density at radius 3 is 2.54 bits per heavy atom. The number of halogens is 3. The molecule has 0 aromatic carbocycles. The molecule has 1 aliphatic heterocycles. The molecule has 152 valence electrons. The van der Waals surface area contributed by atoms with Gasteiger partial charge in [-0.25, -0.2) is 14.6 Å². The van der Waals surface area contributed by atoms with Gasteiger partial charge in [0, 0.05) is 32.4 Å². The van der Waals surface area contributed by atoms with Gasteiger partial charge in [0.05, 0.1) is 12.2 Å². The third-order valence-electron chi connectivity index (χ3n) is 4.83. The first-order valence-electron chi connectivity index (χ1n) is 9.19. The molecule has 1 fully saturated rings. The third kappa shape index (κ3) is 4.23. The van der Waals surface area contributed by atoms with Gasteiger partial charge in [-0.05, 0) is 32.8 Å². The highest BCUT2D eigenvalue weighted by atomic mass is 19.4. The summed E-state index contributed by atoms with van der Waals surface area (Å²) in [4.78, 5) is 23.3. The molecule has 1 amide bonds. The third-order valence-corrected chi connectivity index (χ3v) is 4.83. The van der Waals surface area contributed by atoms with Gasteiger partial charge in [0.15, 0.2) is 5.69 Å². The molecular weight excluding hydrogens is 375 g/mol. The largest absolute Gasteiger partial charge is 0.433 e. The number of aromatic nitrogens is 5. The lowest BCUT2D eigenvalue weighted by molar-refractivity contribution is -0.141. The van der Waals surface area contributed by atoms with Crippen molar-refractivity contribution in [3.05, 3.63) is 29.8 Å². The van der Waals surface area contributed by atoms with E-state index in [9.17, 15) is 18.0 Å². The minimum Gasteiger partial charge on any atom is -0.341 e. The van der Waals surface area contributed by atoms with Crippen molar-refractivity contribution in [3.8, 4) is 0 Å². The second-order valence-electron chi connectivity index (χ2n) is 6.52. The van der Waals surface area contributed by atoms with Gasteiger partial charge < -0.3 is 9.80 Å². The van der Waals surface area contributed by atoms with E-state index in [-0.39, 0.29) is 17.9 Å². The van der Waals surface area contributed by atoms with Crippen molar-refractivity contribution in [1.82, 2.24) is 29.9 Å². The number of anilines is 1. The van der Waals surface area contributed by atoms with E-state index in [1.165, 1.54) is 0 Å². The smallest absolute Gasteiger partial charge is 0.341 e. The standard InChI is InChI=1S/C17H22F3N7O/c1-3-25(4-2)15(28)13-11-27(24-23-13)12-6-9-26(10-7-12)16-21-8-5-14(22-16)17(18,19)20/h5,8,11-12H,3-4,6-7,9-10H2,1-2H3. The van der Waals surface area contributed by atoms with Crippen molar-refractivity contribution in [2.75, 3.05) is 31.1 Å². The summed E-state index contributed by atoms with van der Waals surface area (Å²) in [6, 6.07) is 0.882. The van der Waals surface area contributed by atoms with Crippen LogP contribution in [0.1, 0.15) is 48.9 Å². The van der Waals surface area contributed by atoms with Crippen LogP contribution < -0.4 is 4.90 Å². The zero-order valence-electron chi connectivity index (χ0n) is 15.7. The minimum atomic E-state index is -4.50. The molecule has 0 bridgehead atoms. The Balaban J connectivity index is 1.64. The molecule has 11 heteroatoms. The van der Waals surface area contributed by atoms with Gasteiger partial charge in [-0.3, -0.25) is 4.79 Å². The summed E-state index contributed by atoms with van der Waals surface area (Å²) in [5.74, 6) is -0.0877. The molecule has 0 unspecified atom stereocenters. The van der Waals surface area contributed by atoms with Crippen LogP contribution in [-0.4, -0.2) is 61.9 Å². The Kier molecular flexibility index (Phi) is 5.80. The van der Waals surface area contributed by atoms with E-state index in [4.69, 9.17) is 0 Å². The highest BCUT2D eigenvalue weighted by Crippen LogP contribution is 2.29. The van der Waals surface area contributed by atoms with Gasteiger partial charge >= 0.3 is 6.18 Å². The molecule has 28 heavy (non-hydrogen) atoms. The zero-order chi connectivity index (χ0) is 20.3. The van der Waals surface area contributed by atoms with Crippen molar-refractivity contribution in [2.45, 2.75) is 38.9 Å². The number of carbonyl (C=O) groups is 1. The van der Waals surface area contributed by atoms with E-state index in [1.807, 2.05) is 13.8 Å². The molecule has 3 heterocycles. The van der Waals surface area contributed by atoms with Gasteiger partial charge in [0.1, 0.15) is 5.69 Å². The van der Waals surface area contributed by atoms with Gasteiger partial charge in [-0.2, -0.15) is 13.2 Å². The van der Waals surface area contributed by atoms with E-state index >= 15 is 0 Å². The highest BCUT2D eigenvalue weighted by molar-refractivity contribution is 5.91. The second kappa shape index (κ2) is 8.11. The Morgan fingerprint density at radius 1 is 1.25 bits per heavy atom. The maximum Gasteiger partial charge on any atom is 0.433 e. The lowest BCUT2D eigenvalue weighted by Crippen LogP contribution is -2.36. The number of carbonyl (C=O) groups excluding carboxylic acids is 1. The van der Waals surface area contributed by atoms with E-state index in [2.05, 4.69) is 20.3 Å². The molecule has 0 saturated carbocycles. The fourth-order valence-electron chi connectivity index (χ4n) is 3.22. The van der Waals surface area contributed by atoms with Crippen LogP contribution in [0.5, 0.6) is 0 Å². The molecule has 8 nitrogen and oxygen atoms in total. The maximum atomic E-state index is 12.8. The van der Waals surface area contributed by atoms with Crippen molar-refractivity contribution in [3.63, 3.8) is 0 Å². The first-order valence-corrected chi connectivity index (χ1v) is 9.19. The van der Waals surface area contributed by atoms with Crippen molar-refractivity contribution in [1.29, 1.82) is 0 Å². The lowest BCUT2D eigenvalue weighted by atomic mass is 10.1. The molecule has 3 rings (SSSR count). The number of amides is 1. The fourth-order valence-corrected chi connectivity index (χ4v) is 3.22. The van der Waals surface area contributed by atoms with Gasteiger partial charge in [-0.1, -0.05) is 5.21 Å². The van der Waals surface area contributed by atoms with E-state index in [0.717, 1.165) is 12.3 Å². The van der Waals surface area contributed by atoms with Gasteiger partial charge in [0.2, 0.25) is 5.95 Å². The molecule has 0 radical (unpaired) electrons. The van der Waals surface area contributed by atoms with Gasteiger partial charge in [0.25, 0.3) is 5.91 Å². The summed E-state index contributed by atoms with van der Waals surface area (Å²) in [6.07, 6.45) is -0.449. The summed E-state index contributed by atoms with van der Waals surface area (Å²) < 4.78 is 40.2. The average molecular weight is 397 g/mol. The number of hydrogen-bond donors (Lipinski definition) is 0. The molecule has 0 atom stereocenters. The number of rotatable bonds is 5. The monoisotopic (exact) mass is 397 g/mol. The SMILES string of the molecule is CCN(CC)C(=O)c1cn(C2CCN(c3nccc(C(F)(F)F)n3)CC2)nn1. The fraction of sp³-hybridized carbons (Fsp3) is 0.588. The predicted octanol–water partition coefficient (Wildman–Crippen LogP) is 2.41. The van der Waals surface area contributed by atoms with Crippen LogP contribution in [0.4, 0.5) is 19.1 Å². The van der Waals surface area contributed by atoms with Gasteiger partial charge in [-0.15, -0.1) is 5.10 Å². The van der Waals surface area contributed by atoms with E-state index < -0.39 is 11.9 Å². The first-order chi connectivity index (χ1) is 13.3.